The second-order valence-electron chi connectivity index (χ2n) is 5.35. The second kappa shape index (κ2) is 5.28. The van der Waals surface area contributed by atoms with Gasteiger partial charge in [0.05, 0.1) is 12.1 Å². The third-order valence-corrected chi connectivity index (χ3v) is 4.13. The van der Waals surface area contributed by atoms with Crippen LogP contribution < -0.4 is 0 Å². The molecule has 6 heteroatoms. The highest BCUT2D eigenvalue weighted by Crippen LogP contribution is 2.33. The Hall–Kier alpha value is -1.43. The van der Waals surface area contributed by atoms with Crippen LogP contribution in [0.3, 0.4) is 0 Å². The van der Waals surface area contributed by atoms with E-state index in [0.717, 1.165) is 39.0 Å². The summed E-state index contributed by atoms with van der Waals surface area (Å²) in [4.78, 5) is 18.3. The Bertz CT molecular complexity index is 428. The Morgan fingerprint density at radius 1 is 1.47 bits per heavy atom. The molecular weight excluding hydrogens is 244 g/mol. The summed E-state index contributed by atoms with van der Waals surface area (Å²) in [6.45, 7) is 4.33. The number of aromatic nitrogens is 3. The molecule has 1 aromatic rings. The maximum Gasteiger partial charge on any atom is 0.225 e. The molecular formula is C13H20N4O2. The zero-order valence-corrected chi connectivity index (χ0v) is 11.2. The molecule has 1 atom stereocenters. The van der Waals surface area contributed by atoms with E-state index in [1.165, 1.54) is 0 Å². The predicted molar refractivity (Wildman–Crippen MR) is 68.4 cm³/mol. The van der Waals surface area contributed by atoms with Gasteiger partial charge in [0.1, 0.15) is 12.7 Å². The van der Waals surface area contributed by atoms with Crippen LogP contribution in [0.2, 0.25) is 0 Å². The fourth-order valence-electron chi connectivity index (χ4n) is 2.96. The van der Waals surface area contributed by atoms with Gasteiger partial charge in [-0.05, 0) is 26.2 Å². The lowest BCUT2D eigenvalue weighted by Gasteiger charge is -2.36. The summed E-state index contributed by atoms with van der Waals surface area (Å²) in [7, 11) is 0. The van der Waals surface area contributed by atoms with Crippen LogP contribution in [-0.4, -0.2) is 51.4 Å². The number of likely N-dealkylation sites (tertiary alicyclic amines) is 1. The number of ether oxygens (including phenoxy) is 1. The summed E-state index contributed by atoms with van der Waals surface area (Å²) in [6.07, 6.45) is 6.31. The van der Waals surface area contributed by atoms with Gasteiger partial charge in [0.2, 0.25) is 5.91 Å². The van der Waals surface area contributed by atoms with Crippen molar-refractivity contribution in [3.05, 3.63) is 12.7 Å². The highest BCUT2D eigenvalue weighted by Gasteiger charge is 2.39. The Morgan fingerprint density at radius 3 is 3.00 bits per heavy atom. The fourth-order valence-corrected chi connectivity index (χ4v) is 2.96. The number of carbonyl (C=O) groups excluding carboxylic acids is 1. The lowest BCUT2D eigenvalue weighted by molar-refractivity contribution is -0.143. The zero-order valence-electron chi connectivity index (χ0n) is 11.2. The molecule has 1 aliphatic carbocycles. The highest BCUT2D eigenvalue weighted by molar-refractivity contribution is 5.80. The molecule has 2 fully saturated rings. The normalized spacial score (nSPS) is 30.4. The van der Waals surface area contributed by atoms with Gasteiger partial charge in [0.15, 0.2) is 0 Å². The van der Waals surface area contributed by atoms with Gasteiger partial charge in [-0.1, -0.05) is 0 Å². The molecule has 0 bridgehead atoms. The number of hydrogen-bond acceptors (Lipinski definition) is 4. The van der Waals surface area contributed by atoms with Gasteiger partial charge in [-0.3, -0.25) is 4.79 Å². The van der Waals surface area contributed by atoms with Crippen LogP contribution in [-0.2, 0) is 9.53 Å². The quantitative estimate of drug-likeness (QED) is 0.809. The molecule has 104 valence electrons. The zero-order chi connectivity index (χ0) is 13.2. The van der Waals surface area contributed by atoms with E-state index in [1.807, 2.05) is 16.5 Å². The average molecular weight is 264 g/mol. The van der Waals surface area contributed by atoms with E-state index in [9.17, 15) is 4.79 Å². The van der Waals surface area contributed by atoms with Crippen molar-refractivity contribution in [3.63, 3.8) is 0 Å². The Morgan fingerprint density at radius 2 is 2.32 bits per heavy atom. The van der Waals surface area contributed by atoms with Gasteiger partial charge >= 0.3 is 0 Å². The minimum absolute atomic E-state index is 0.172. The van der Waals surface area contributed by atoms with Crippen LogP contribution in [0.5, 0.6) is 0 Å². The molecule has 1 saturated heterocycles. The minimum Gasteiger partial charge on any atom is -0.378 e. The highest BCUT2D eigenvalue weighted by atomic mass is 16.5. The van der Waals surface area contributed by atoms with Crippen molar-refractivity contribution in [2.75, 3.05) is 19.7 Å². The van der Waals surface area contributed by atoms with E-state index >= 15 is 0 Å². The van der Waals surface area contributed by atoms with E-state index in [1.54, 1.807) is 12.7 Å². The van der Waals surface area contributed by atoms with Crippen LogP contribution in [0.4, 0.5) is 0 Å². The number of nitrogens with zero attached hydrogens (tertiary/aromatic N) is 4. The molecule has 19 heavy (non-hydrogen) atoms. The molecule has 1 aromatic heterocycles. The SMILES string of the molecule is CCOC1CC(C(=O)N2CCC(n3cncn3)C2)C1. The first-order valence-corrected chi connectivity index (χ1v) is 7.02. The van der Waals surface area contributed by atoms with Crippen molar-refractivity contribution < 1.29 is 9.53 Å². The first-order valence-electron chi connectivity index (χ1n) is 7.02. The van der Waals surface area contributed by atoms with Gasteiger partial charge in [-0.25, -0.2) is 9.67 Å². The van der Waals surface area contributed by atoms with Crippen molar-refractivity contribution in [2.24, 2.45) is 5.92 Å². The Balaban J connectivity index is 1.50. The molecule has 1 unspecified atom stereocenters. The maximum absolute atomic E-state index is 12.3. The van der Waals surface area contributed by atoms with Gasteiger partial charge in [0.25, 0.3) is 0 Å². The summed E-state index contributed by atoms with van der Waals surface area (Å²) in [5.41, 5.74) is 0. The average Bonchev–Trinajstić information content (AvgIpc) is 3.01. The van der Waals surface area contributed by atoms with Crippen molar-refractivity contribution in [2.45, 2.75) is 38.3 Å². The predicted octanol–water partition coefficient (Wildman–Crippen LogP) is 0.867. The summed E-state index contributed by atoms with van der Waals surface area (Å²) in [5, 5.41) is 4.16. The monoisotopic (exact) mass is 264 g/mol. The first-order chi connectivity index (χ1) is 9.28. The van der Waals surface area contributed by atoms with Crippen LogP contribution in [0.15, 0.2) is 12.7 Å². The van der Waals surface area contributed by atoms with Crippen LogP contribution >= 0.6 is 0 Å². The number of rotatable bonds is 4. The molecule has 0 spiro atoms. The van der Waals surface area contributed by atoms with Crippen molar-refractivity contribution >= 4 is 5.91 Å². The molecule has 1 aliphatic heterocycles. The summed E-state index contributed by atoms with van der Waals surface area (Å²) >= 11 is 0. The van der Waals surface area contributed by atoms with Gasteiger partial charge in [0, 0.05) is 25.6 Å². The lowest BCUT2D eigenvalue weighted by Crippen LogP contribution is -2.43. The number of hydrogen-bond donors (Lipinski definition) is 0. The third kappa shape index (κ3) is 2.49. The summed E-state index contributed by atoms with van der Waals surface area (Å²) < 4.78 is 7.37. The molecule has 1 amide bonds. The van der Waals surface area contributed by atoms with Gasteiger partial charge in [-0.15, -0.1) is 0 Å². The molecule has 2 heterocycles. The standard InChI is InChI=1S/C13H20N4O2/c1-2-19-12-5-10(6-12)13(18)16-4-3-11(7-16)17-9-14-8-15-17/h8-12H,2-7H2,1H3. The topological polar surface area (TPSA) is 60.2 Å². The summed E-state index contributed by atoms with van der Waals surface area (Å²) in [6, 6.07) is 0.286. The molecule has 0 radical (unpaired) electrons. The molecule has 3 rings (SSSR count). The molecule has 6 nitrogen and oxygen atoms in total. The lowest BCUT2D eigenvalue weighted by atomic mass is 9.81. The summed E-state index contributed by atoms with van der Waals surface area (Å²) in [5.74, 6) is 0.463. The molecule has 1 saturated carbocycles. The van der Waals surface area contributed by atoms with Crippen LogP contribution in [0.25, 0.3) is 0 Å². The van der Waals surface area contributed by atoms with Crippen molar-refractivity contribution in [1.29, 1.82) is 0 Å². The smallest absolute Gasteiger partial charge is 0.225 e. The maximum atomic E-state index is 12.3. The molecule has 0 aromatic carbocycles. The van der Waals surface area contributed by atoms with Crippen molar-refractivity contribution in [1.82, 2.24) is 19.7 Å². The number of amides is 1. The largest absolute Gasteiger partial charge is 0.378 e. The van der Waals surface area contributed by atoms with Crippen molar-refractivity contribution in [3.8, 4) is 0 Å². The van der Waals surface area contributed by atoms with E-state index in [4.69, 9.17) is 4.74 Å². The second-order valence-corrected chi connectivity index (χ2v) is 5.35. The van der Waals surface area contributed by atoms with Gasteiger partial charge in [-0.2, -0.15) is 5.10 Å². The molecule has 0 N–H and O–H groups in total. The van der Waals surface area contributed by atoms with E-state index < -0.39 is 0 Å². The Labute approximate surface area is 112 Å². The van der Waals surface area contributed by atoms with E-state index in [-0.39, 0.29) is 12.0 Å². The minimum atomic E-state index is 0.172. The van der Waals surface area contributed by atoms with E-state index in [0.29, 0.717) is 12.0 Å². The van der Waals surface area contributed by atoms with Crippen LogP contribution in [0, 0.1) is 5.92 Å². The van der Waals surface area contributed by atoms with Gasteiger partial charge < -0.3 is 9.64 Å². The Kier molecular flexibility index (Phi) is 3.50. The first kappa shape index (κ1) is 12.6. The third-order valence-electron chi connectivity index (χ3n) is 4.13. The van der Waals surface area contributed by atoms with E-state index in [2.05, 4.69) is 10.1 Å². The van der Waals surface area contributed by atoms with Crippen LogP contribution in [0.1, 0.15) is 32.2 Å². The number of carbonyl (C=O) groups is 1. The fraction of sp³-hybridized carbons (Fsp3) is 0.769. The molecule has 2 aliphatic rings.